The number of aryl methyl sites for hydroxylation is 1. The summed E-state index contributed by atoms with van der Waals surface area (Å²) in [5.41, 5.74) is 1.11. The molecule has 8 heteroatoms. The monoisotopic (exact) mass is 332 g/mol. The van der Waals surface area contributed by atoms with Crippen LogP contribution in [-0.4, -0.2) is 26.7 Å². The summed E-state index contributed by atoms with van der Waals surface area (Å²) in [5, 5.41) is 4.79. The molecular formula is C15H16N4O3S. The first-order valence-electron chi connectivity index (χ1n) is 7.21. The topological polar surface area (TPSA) is 93.9 Å². The second-order valence-electron chi connectivity index (χ2n) is 4.92. The fourth-order valence-corrected chi connectivity index (χ4v) is 3.10. The number of pyridine rings is 1. The number of nitrogens with zero attached hydrogens (tertiary/aromatic N) is 3. The van der Waals surface area contributed by atoms with Crippen LogP contribution in [0, 0.1) is 6.92 Å². The normalized spacial score (nSPS) is 12.5. The second-order valence-corrected chi connectivity index (χ2v) is 5.95. The molecule has 0 saturated carbocycles. The Bertz CT molecular complexity index is 867. The lowest BCUT2D eigenvalue weighted by molar-refractivity contribution is 0.0761. The van der Waals surface area contributed by atoms with Gasteiger partial charge in [-0.2, -0.15) is 4.98 Å². The van der Waals surface area contributed by atoms with Gasteiger partial charge in [0.15, 0.2) is 0 Å². The van der Waals surface area contributed by atoms with Gasteiger partial charge in [-0.3, -0.25) is 4.79 Å². The fourth-order valence-electron chi connectivity index (χ4n) is 2.11. The Morgan fingerprint density at radius 3 is 2.96 bits per heavy atom. The van der Waals surface area contributed by atoms with Gasteiger partial charge in [0.1, 0.15) is 16.0 Å². The molecule has 120 valence electrons. The molecule has 1 N–H and O–H groups in total. The van der Waals surface area contributed by atoms with E-state index in [4.69, 9.17) is 9.26 Å². The van der Waals surface area contributed by atoms with Crippen LogP contribution in [0.5, 0.6) is 0 Å². The molecule has 7 nitrogen and oxygen atoms in total. The highest BCUT2D eigenvalue weighted by atomic mass is 32.1. The van der Waals surface area contributed by atoms with E-state index in [9.17, 15) is 4.79 Å². The summed E-state index contributed by atoms with van der Waals surface area (Å²) in [6, 6.07) is 4.79. The molecule has 0 spiro atoms. The minimum atomic E-state index is -0.212. The Morgan fingerprint density at radius 2 is 2.22 bits per heavy atom. The van der Waals surface area contributed by atoms with Crippen molar-refractivity contribution >= 4 is 11.3 Å². The van der Waals surface area contributed by atoms with E-state index in [1.54, 1.807) is 12.1 Å². The number of nitrogens with one attached hydrogen (secondary N) is 1. The Morgan fingerprint density at radius 1 is 1.39 bits per heavy atom. The van der Waals surface area contributed by atoms with Crippen LogP contribution in [0.15, 0.2) is 27.5 Å². The summed E-state index contributed by atoms with van der Waals surface area (Å²) in [4.78, 5) is 23.7. The van der Waals surface area contributed by atoms with Gasteiger partial charge in [0.05, 0.1) is 11.4 Å². The molecule has 23 heavy (non-hydrogen) atoms. The molecule has 0 amide bonds. The standard InChI is InChI=1S/C15H16N4O3S/c1-4-21-9(3)15-16-8(2)12(23-15)14-18-13(19-22-14)10-6-5-7-11(20)17-10/h5-7,9H,4H2,1-3H3,(H,17,20). The number of ether oxygens (including phenoxy) is 1. The summed E-state index contributed by atoms with van der Waals surface area (Å²) < 4.78 is 10.9. The predicted octanol–water partition coefficient (Wildman–Crippen LogP) is 2.95. The minimum absolute atomic E-state index is 0.0784. The van der Waals surface area contributed by atoms with Crippen LogP contribution in [0.2, 0.25) is 0 Å². The highest BCUT2D eigenvalue weighted by Crippen LogP contribution is 2.33. The maximum atomic E-state index is 11.4. The zero-order valence-electron chi connectivity index (χ0n) is 13.0. The second kappa shape index (κ2) is 6.43. The number of aromatic nitrogens is 4. The number of aromatic amines is 1. The lowest BCUT2D eigenvalue weighted by Crippen LogP contribution is -2.03. The van der Waals surface area contributed by atoms with Crippen molar-refractivity contribution in [3.63, 3.8) is 0 Å². The van der Waals surface area contributed by atoms with Crippen molar-refractivity contribution in [1.82, 2.24) is 20.1 Å². The molecule has 3 heterocycles. The van der Waals surface area contributed by atoms with Gasteiger partial charge in [0.2, 0.25) is 11.4 Å². The highest BCUT2D eigenvalue weighted by molar-refractivity contribution is 7.15. The molecule has 0 fully saturated rings. The summed E-state index contributed by atoms with van der Waals surface area (Å²) in [5.74, 6) is 0.722. The van der Waals surface area contributed by atoms with Crippen molar-refractivity contribution in [3.05, 3.63) is 39.3 Å². The lowest BCUT2D eigenvalue weighted by Gasteiger charge is -2.06. The van der Waals surface area contributed by atoms with Crippen LogP contribution in [0.1, 0.15) is 30.7 Å². The van der Waals surface area contributed by atoms with Crippen LogP contribution in [-0.2, 0) is 4.74 Å². The predicted molar refractivity (Wildman–Crippen MR) is 86.2 cm³/mol. The molecule has 3 aromatic heterocycles. The van der Waals surface area contributed by atoms with E-state index in [1.807, 2.05) is 20.8 Å². The van der Waals surface area contributed by atoms with Gasteiger partial charge < -0.3 is 14.2 Å². The van der Waals surface area contributed by atoms with E-state index in [0.717, 1.165) is 15.6 Å². The van der Waals surface area contributed by atoms with Gasteiger partial charge in [-0.1, -0.05) is 11.2 Å². The summed E-state index contributed by atoms with van der Waals surface area (Å²) in [6.45, 7) is 6.42. The Kier molecular flexibility index (Phi) is 4.35. The molecule has 0 aromatic carbocycles. The third kappa shape index (κ3) is 3.22. The lowest BCUT2D eigenvalue weighted by atomic mass is 10.3. The molecule has 3 rings (SSSR count). The first-order valence-corrected chi connectivity index (χ1v) is 8.03. The first kappa shape index (κ1) is 15.6. The number of thiazole rings is 1. The fraction of sp³-hybridized carbons (Fsp3) is 0.333. The van der Waals surface area contributed by atoms with Crippen molar-refractivity contribution < 1.29 is 9.26 Å². The molecule has 0 radical (unpaired) electrons. The van der Waals surface area contributed by atoms with Crippen LogP contribution < -0.4 is 5.56 Å². The van der Waals surface area contributed by atoms with Crippen molar-refractivity contribution in [3.8, 4) is 22.3 Å². The van der Waals surface area contributed by atoms with E-state index < -0.39 is 0 Å². The molecule has 0 aliphatic rings. The van der Waals surface area contributed by atoms with E-state index in [1.165, 1.54) is 17.4 Å². The highest BCUT2D eigenvalue weighted by Gasteiger charge is 2.20. The maximum Gasteiger partial charge on any atom is 0.270 e. The number of H-pyrrole nitrogens is 1. The number of hydrogen-bond acceptors (Lipinski definition) is 7. The van der Waals surface area contributed by atoms with Crippen molar-refractivity contribution in [2.24, 2.45) is 0 Å². The summed E-state index contributed by atoms with van der Waals surface area (Å²) >= 11 is 1.47. The Balaban J connectivity index is 1.93. The Hall–Kier alpha value is -2.32. The third-order valence-corrected chi connectivity index (χ3v) is 4.51. The molecule has 0 saturated heterocycles. The first-order chi connectivity index (χ1) is 11.1. The largest absolute Gasteiger partial charge is 0.372 e. The third-order valence-electron chi connectivity index (χ3n) is 3.21. The zero-order valence-corrected chi connectivity index (χ0v) is 13.8. The average molecular weight is 332 g/mol. The molecule has 1 atom stereocenters. The molecule has 1 unspecified atom stereocenters. The van der Waals surface area contributed by atoms with Crippen molar-refractivity contribution in [2.45, 2.75) is 26.9 Å². The summed E-state index contributed by atoms with van der Waals surface area (Å²) in [6.07, 6.45) is -0.0784. The minimum Gasteiger partial charge on any atom is -0.372 e. The van der Waals surface area contributed by atoms with E-state index in [2.05, 4.69) is 20.1 Å². The summed E-state index contributed by atoms with van der Waals surface area (Å²) in [7, 11) is 0. The van der Waals surface area contributed by atoms with E-state index in [0.29, 0.717) is 24.0 Å². The van der Waals surface area contributed by atoms with E-state index >= 15 is 0 Å². The van der Waals surface area contributed by atoms with Crippen LogP contribution in [0.4, 0.5) is 0 Å². The van der Waals surface area contributed by atoms with Gasteiger partial charge in [0.25, 0.3) is 5.89 Å². The average Bonchev–Trinajstić information content (AvgIpc) is 3.14. The van der Waals surface area contributed by atoms with Crippen LogP contribution in [0.3, 0.4) is 0 Å². The molecule has 0 aliphatic heterocycles. The number of hydrogen-bond donors (Lipinski definition) is 1. The molecule has 0 bridgehead atoms. The van der Waals surface area contributed by atoms with Gasteiger partial charge in [-0.15, -0.1) is 11.3 Å². The maximum absolute atomic E-state index is 11.4. The van der Waals surface area contributed by atoms with Gasteiger partial charge in [-0.05, 0) is 26.8 Å². The van der Waals surface area contributed by atoms with Gasteiger partial charge in [0, 0.05) is 12.7 Å². The molecule has 3 aromatic rings. The quantitative estimate of drug-likeness (QED) is 0.772. The van der Waals surface area contributed by atoms with Crippen molar-refractivity contribution in [2.75, 3.05) is 6.61 Å². The Labute approximate surface area is 136 Å². The smallest absolute Gasteiger partial charge is 0.270 e. The van der Waals surface area contributed by atoms with E-state index in [-0.39, 0.29) is 11.7 Å². The SMILES string of the molecule is CCOC(C)c1nc(C)c(-c2nc(-c3cccc(=O)[nH]3)no2)s1. The molecule has 0 aliphatic carbocycles. The van der Waals surface area contributed by atoms with Crippen LogP contribution >= 0.6 is 11.3 Å². The number of rotatable bonds is 5. The van der Waals surface area contributed by atoms with Gasteiger partial charge >= 0.3 is 0 Å². The molecular weight excluding hydrogens is 316 g/mol. The zero-order chi connectivity index (χ0) is 16.4. The van der Waals surface area contributed by atoms with Crippen LogP contribution in [0.25, 0.3) is 22.3 Å². The van der Waals surface area contributed by atoms with Gasteiger partial charge in [-0.25, -0.2) is 4.98 Å². The van der Waals surface area contributed by atoms with Crippen molar-refractivity contribution in [1.29, 1.82) is 0 Å².